The summed E-state index contributed by atoms with van der Waals surface area (Å²) in [6.07, 6.45) is 1.50. The van der Waals surface area contributed by atoms with Crippen LogP contribution in [-0.2, 0) is 4.79 Å². The first kappa shape index (κ1) is 26.4. The second kappa shape index (κ2) is 12.5. The van der Waals surface area contributed by atoms with E-state index in [4.69, 9.17) is 9.47 Å². The number of anilines is 1. The number of hydrogen-bond acceptors (Lipinski definition) is 5. The number of benzene rings is 3. The number of nitrogens with one attached hydrogen (secondary N) is 2. The Hall–Kier alpha value is -3.17. The van der Waals surface area contributed by atoms with Crippen LogP contribution in [0.15, 0.2) is 68.6 Å². The van der Waals surface area contributed by atoms with Gasteiger partial charge in [-0.05, 0) is 95.9 Å². The first-order valence-corrected chi connectivity index (χ1v) is 12.4. The van der Waals surface area contributed by atoms with Crippen LogP contribution in [-0.4, -0.2) is 31.2 Å². The van der Waals surface area contributed by atoms with E-state index in [-0.39, 0.29) is 18.4 Å². The number of carbonyl (C=O) groups is 2. The number of hydrazone groups is 1. The lowest BCUT2D eigenvalue weighted by Crippen LogP contribution is -2.21. The average molecular weight is 603 g/mol. The molecule has 0 heterocycles. The van der Waals surface area contributed by atoms with Gasteiger partial charge in [0.2, 0.25) is 0 Å². The van der Waals surface area contributed by atoms with E-state index in [1.807, 2.05) is 39.0 Å². The SMILES string of the molecule is CCOc1cc(/C=N/NC(=O)c2ccc(Br)cc2)cc(Br)c1OCC(=O)Nc1cccc(C)c1C. The number of amides is 2. The quantitative estimate of drug-likeness (QED) is 0.232. The molecule has 3 aromatic rings. The smallest absolute Gasteiger partial charge is 0.271 e. The number of nitrogens with zero attached hydrogens (tertiary/aromatic N) is 1. The van der Waals surface area contributed by atoms with E-state index < -0.39 is 0 Å². The van der Waals surface area contributed by atoms with E-state index in [9.17, 15) is 9.59 Å². The van der Waals surface area contributed by atoms with Gasteiger partial charge in [0.1, 0.15) is 0 Å². The molecule has 0 fully saturated rings. The standard InChI is InChI=1S/C26H25Br2N3O4/c1-4-34-23-13-18(14-29-31-26(33)19-8-10-20(27)11-9-19)12-21(28)25(23)35-15-24(32)30-22-7-5-6-16(2)17(22)3/h5-14H,4,15H2,1-3H3,(H,30,32)(H,31,33)/b29-14+. The van der Waals surface area contributed by atoms with Crippen molar-refractivity contribution in [1.29, 1.82) is 0 Å². The van der Waals surface area contributed by atoms with Crippen LogP contribution in [0.2, 0.25) is 0 Å². The molecule has 3 aromatic carbocycles. The lowest BCUT2D eigenvalue weighted by atomic mass is 10.1. The first-order chi connectivity index (χ1) is 16.8. The van der Waals surface area contributed by atoms with E-state index in [0.717, 1.165) is 21.3 Å². The Morgan fingerprint density at radius 1 is 1.03 bits per heavy atom. The summed E-state index contributed by atoms with van der Waals surface area (Å²) in [5.74, 6) is 0.239. The largest absolute Gasteiger partial charge is 0.490 e. The van der Waals surface area contributed by atoms with Gasteiger partial charge in [-0.1, -0.05) is 28.1 Å². The summed E-state index contributed by atoms with van der Waals surface area (Å²) in [5.41, 5.74) is 6.51. The molecule has 0 unspecified atom stereocenters. The highest BCUT2D eigenvalue weighted by Crippen LogP contribution is 2.36. The average Bonchev–Trinajstić information content (AvgIpc) is 2.82. The molecule has 0 bridgehead atoms. The number of aryl methyl sites for hydroxylation is 1. The predicted molar refractivity (Wildman–Crippen MR) is 145 cm³/mol. The molecule has 35 heavy (non-hydrogen) atoms. The van der Waals surface area contributed by atoms with Gasteiger partial charge in [0.25, 0.3) is 11.8 Å². The van der Waals surface area contributed by atoms with Gasteiger partial charge in [0.05, 0.1) is 17.3 Å². The van der Waals surface area contributed by atoms with Crippen molar-refractivity contribution in [3.8, 4) is 11.5 Å². The third kappa shape index (κ3) is 7.40. The van der Waals surface area contributed by atoms with Gasteiger partial charge in [-0.15, -0.1) is 0 Å². The summed E-state index contributed by atoms with van der Waals surface area (Å²) in [6.45, 7) is 6.01. The minimum Gasteiger partial charge on any atom is -0.490 e. The Labute approximate surface area is 221 Å². The lowest BCUT2D eigenvalue weighted by molar-refractivity contribution is -0.118. The Balaban J connectivity index is 1.67. The molecular formula is C26H25Br2N3O4. The van der Waals surface area contributed by atoms with Crippen LogP contribution in [0.4, 0.5) is 5.69 Å². The molecule has 2 amide bonds. The number of ether oxygens (including phenoxy) is 2. The van der Waals surface area contributed by atoms with E-state index in [1.165, 1.54) is 6.21 Å². The fourth-order valence-electron chi connectivity index (χ4n) is 3.11. The molecule has 0 aliphatic rings. The van der Waals surface area contributed by atoms with Gasteiger partial charge in [0.15, 0.2) is 18.1 Å². The maximum absolute atomic E-state index is 12.5. The second-order valence-corrected chi connectivity index (χ2v) is 9.32. The molecule has 9 heteroatoms. The van der Waals surface area contributed by atoms with Gasteiger partial charge in [0, 0.05) is 15.7 Å². The Bertz CT molecular complexity index is 1240. The highest BCUT2D eigenvalue weighted by Gasteiger charge is 2.15. The van der Waals surface area contributed by atoms with Gasteiger partial charge in [-0.2, -0.15) is 5.10 Å². The van der Waals surface area contributed by atoms with Crippen molar-refractivity contribution in [1.82, 2.24) is 5.43 Å². The summed E-state index contributed by atoms with van der Waals surface area (Å²) in [5, 5.41) is 6.91. The van der Waals surface area contributed by atoms with Gasteiger partial charge in [-0.25, -0.2) is 5.43 Å². The Morgan fingerprint density at radius 2 is 1.77 bits per heavy atom. The minimum absolute atomic E-state index is 0.192. The number of rotatable bonds is 9. The molecule has 0 saturated carbocycles. The molecule has 0 spiro atoms. The molecule has 0 aromatic heterocycles. The third-order valence-corrected chi connectivity index (χ3v) is 6.16. The Morgan fingerprint density at radius 3 is 2.49 bits per heavy atom. The topological polar surface area (TPSA) is 89.0 Å². The number of carbonyl (C=O) groups excluding carboxylic acids is 2. The van der Waals surface area contributed by atoms with E-state index in [2.05, 4.69) is 47.7 Å². The summed E-state index contributed by atoms with van der Waals surface area (Å²) in [4.78, 5) is 24.7. The van der Waals surface area contributed by atoms with Crippen molar-refractivity contribution < 1.29 is 19.1 Å². The highest BCUT2D eigenvalue weighted by molar-refractivity contribution is 9.10. The molecule has 0 aliphatic heterocycles. The zero-order chi connectivity index (χ0) is 25.4. The molecule has 0 atom stereocenters. The summed E-state index contributed by atoms with van der Waals surface area (Å²) in [7, 11) is 0. The fraction of sp³-hybridized carbons (Fsp3) is 0.192. The molecule has 182 valence electrons. The van der Waals surface area contributed by atoms with Crippen molar-refractivity contribution in [3.05, 3.63) is 85.8 Å². The fourth-order valence-corrected chi connectivity index (χ4v) is 3.95. The lowest BCUT2D eigenvalue weighted by Gasteiger charge is -2.15. The van der Waals surface area contributed by atoms with E-state index in [0.29, 0.717) is 33.7 Å². The maximum Gasteiger partial charge on any atom is 0.271 e. The highest BCUT2D eigenvalue weighted by atomic mass is 79.9. The van der Waals surface area contributed by atoms with E-state index in [1.54, 1.807) is 36.4 Å². The van der Waals surface area contributed by atoms with Crippen molar-refractivity contribution in [3.63, 3.8) is 0 Å². The molecule has 0 aliphatic carbocycles. The van der Waals surface area contributed by atoms with Crippen LogP contribution in [0, 0.1) is 13.8 Å². The third-order valence-electron chi connectivity index (χ3n) is 5.04. The molecule has 2 N–H and O–H groups in total. The van der Waals surface area contributed by atoms with Crippen LogP contribution in [0.3, 0.4) is 0 Å². The Kier molecular flexibility index (Phi) is 9.45. The molecule has 3 rings (SSSR count). The van der Waals surface area contributed by atoms with Crippen LogP contribution < -0.4 is 20.2 Å². The summed E-state index contributed by atoms with van der Waals surface area (Å²) in [6, 6.07) is 16.2. The van der Waals surface area contributed by atoms with E-state index >= 15 is 0 Å². The van der Waals surface area contributed by atoms with Crippen molar-refractivity contribution >= 4 is 55.6 Å². The minimum atomic E-state index is -0.326. The van der Waals surface area contributed by atoms with Crippen LogP contribution in [0.1, 0.15) is 34.0 Å². The van der Waals surface area contributed by atoms with Gasteiger partial charge in [-0.3, -0.25) is 9.59 Å². The van der Waals surface area contributed by atoms with Gasteiger partial charge >= 0.3 is 0 Å². The van der Waals surface area contributed by atoms with Crippen LogP contribution in [0.5, 0.6) is 11.5 Å². The maximum atomic E-state index is 12.5. The van der Waals surface area contributed by atoms with Crippen molar-refractivity contribution in [2.75, 3.05) is 18.5 Å². The molecule has 0 saturated heterocycles. The summed E-state index contributed by atoms with van der Waals surface area (Å²) >= 11 is 6.82. The monoisotopic (exact) mass is 601 g/mol. The molecule has 7 nitrogen and oxygen atoms in total. The first-order valence-electron chi connectivity index (χ1n) is 10.8. The van der Waals surface area contributed by atoms with Crippen molar-refractivity contribution in [2.24, 2.45) is 5.10 Å². The van der Waals surface area contributed by atoms with Crippen LogP contribution >= 0.6 is 31.9 Å². The predicted octanol–water partition coefficient (Wildman–Crippen LogP) is 6.01. The zero-order valence-corrected chi connectivity index (χ0v) is 22.7. The summed E-state index contributed by atoms with van der Waals surface area (Å²) < 4.78 is 13.0. The molecular weight excluding hydrogens is 578 g/mol. The number of halogens is 2. The second-order valence-electron chi connectivity index (χ2n) is 7.55. The van der Waals surface area contributed by atoms with Crippen molar-refractivity contribution in [2.45, 2.75) is 20.8 Å². The van der Waals surface area contributed by atoms with Crippen LogP contribution in [0.25, 0.3) is 0 Å². The van der Waals surface area contributed by atoms with Gasteiger partial charge < -0.3 is 14.8 Å². The zero-order valence-electron chi connectivity index (χ0n) is 19.5. The normalized spacial score (nSPS) is 10.8. The molecule has 0 radical (unpaired) electrons. The number of hydrogen-bond donors (Lipinski definition) is 2.